The van der Waals surface area contributed by atoms with Crippen molar-refractivity contribution in [3.05, 3.63) is 23.8 Å². The average Bonchev–Trinajstić information content (AvgIpc) is 2.36. The van der Waals surface area contributed by atoms with Crippen molar-refractivity contribution >= 4 is 11.9 Å². The summed E-state index contributed by atoms with van der Waals surface area (Å²) in [7, 11) is 2.72. The first-order valence-electron chi connectivity index (χ1n) is 5.78. The van der Waals surface area contributed by atoms with Crippen molar-refractivity contribution in [2.45, 2.75) is 20.8 Å². The molecule has 1 aromatic rings. The predicted octanol–water partition coefficient (Wildman–Crippen LogP) is 2.43. The van der Waals surface area contributed by atoms with Crippen LogP contribution in [0, 0.1) is 5.41 Å². The summed E-state index contributed by atoms with van der Waals surface area (Å²) < 4.78 is 14.9. The molecule has 0 spiro atoms. The summed E-state index contributed by atoms with van der Waals surface area (Å²) in [5.41, 5.74) is -0.407. The van der Waals surface area contributed by atoms with Crippen LogP contribution >= 0.6 is 0 Å². The maximum atomic E-state index is 11.8. The van der Waals surface area contributed by atoms with Crippen LogP contribution in [0.4, 0.5) is 0 Å². The summed E-state index contributed by atoms with van der Waals surface area (Å²) in [5.74, 6) is -0.289. The molecule has 0 unspecified atom stereocenters. The topological polar surface area (TPSA) is 61.8 Å². The van der Waals surface area contributed by atoms with Crippen molar-refractivity contribution in [1.29, 1.82) is 0 Å². The second-order valence-corrected chi connectivity index (χ2v) is 4.99. The number of rotatable bonds is 3. The summed E-state index contributed by atoms with van der Waals surface area (Å²) >= 11 is 0. The molecule has 0 aromatic heterocycles. The lowest BCUT2D eigenvalue weighted by Gasteiger charge is -2.17. The molecule has 0 saturated heterocycles. The summed E-state index contributed by atoms with van der Waals surface area (Å²) in [6.45, 7) is 5.25. The quantitative estimate of drug-likeness (QED) is 0.621. The minimum Gasteiger partial charge on any atom is -0.496 e. The van der Waals surface area contributed by atoms with Crippen LogP contribution in [0.15, 0.2) is 18.2 Å². The van der Waals surface area contributed by atoms with Gasteiger partial charge in [-0.2, -0.15) is 0 Å². The number of benzene rings is 1. The highest BCUT2D eigenvalue weighted by atomic mass is 16.5. The van der Waals surface area contributed by atoms with E-state index in [-0.39, 0.29) is 17.3 Å². The van der Waals surface area contributed by atoms with Crippen LogP contribution in [-0.4, -0.2) is 26.2 Å². The van der Waals surface area contributed by atoms with Gasteiger partial charge in [-0.15, -0.1) is 0 Å². The molecule has 5 heteroatoms. The lowest BCUT2D eigenvalue weighted by molar-refractivity contribution is -0.143. The first-order valence-corrected chi connectivity index (χ1v) is 5.78. The third-order valence-corrected chi connectivity index (χ3v) is 2.40. The lowest BCUT2D eigenvalue weighted by Crippen LogP contribution is -2.25. The van der Waals surface area contributed by atoms with Crippen LogP contribution < -0.4 is 9.47 Å². The van der Waals surface area contributed by atoms with E-state index in [4.69, 9.17) is 9.47 Å². The van der Waals surface area contributed by atoms with Crippen molar-refractivity contribution in [2.75, 3.05) is 14.2 Å². The van der Waals surface area contributed by atoms with Crippen LogP contribution in [0.5, 0.6) is 11.5 Å². The minimum absolute atomic E-state index is 0.212. The van der Waals surface area contributed by atoms with Crippen molar-refractivity contribution in [2.24, 2.45) is 5.41 Å². The molecule has 0 saturated carbocycles. The Kier molecular flexibility index (Phi) is 4.53. The lowest BCUT2D eigenvalue weighted by atomic mass is 9.97. The Labute approximate surface area is 112 Å². The van der Waals surface area contributed by atoms with E-state index in [1.807, 2.05) is 0 Å². The Morgan fingerprint density at radius 1 is 1.11 bits per heavy atom. The number of esters is 2. The second-order valence-electron chi connectivity index (χ2n) is 4.99. The molecule has 104 valence electrons. The molecule has 0 aliphatic carbocycles. The SMILES string of the molecule is COC(=O)c1cc(OC(=O)C(C)(C)C)ccc1OC. The largest absolute Gasteiger partial charge is 0.496 e. The summed E-state index contributed by atoms with van der Waals surface area (Å²) in [4.78, 5) is 23.4. The molecule has 0 radical (unpaired) electrons. The first-order chi connectivity index (χ1) is 8.79. The first kappa shape index (κ1) is 15.0. The standard InChI is InChI=1S/C14H18O5/c1-14(2,3)13(16)19-9-6-7-11(17-4)10(8-9)12(15)18-5/h6-8H,1-5H3. The summed E-state index contributed by atoms with van der Waals surface area (Å²) in [6.07, 6.45) is 0. The highest BCUT2D eigenvalue weighted by molar-refractivity contribution is 5.93. The van der Waals surface area contributed by atoms with E-state index in [0.29, 0.717) is 5.75 Å². The van der Waals surface area contributed by atoms with Gasteiger partial charge in [0.15, 0.2) is 0 Å². The average molecular weight is 266 g/mol. The van der Waals surface area contributed by atoms with Gasteiger partial charge in [0.1, 0.15) is 17.1 Å². The van der Waals surface area contributed by atoms with Gasteiger partial charge in [0.25, 0.3) is 0 Å². The van der Waals surface area contributed by atoms with E-state index in [0.717, 1.165) is 0 Å². The molecule has 0 N–H and O–H groups in total. The zero-order valence-electron chi connectivity index (χ0n) is 11.8. The second kappa shape index (κ2) is 5.73. The van der Waals surface area contributed by atoms with Crippen molar-refractivity contribution in [3.63, 3.8) is 0 Å². The maximum absolute atomic E-state index is 11.8. The normalized spacial score (nSPS) is 10.8. The van der Waals surface area contributed by atoms with Gasteiger partial charge in [-0.3, -0.25) is 4.79 Å². The molecule has 0 aliphatic rings. The molecule has 1 rings (SSSR count). The molecular weight excluding hydrogens is 248 g/mol. The maximum Gasteiger partial charge on any atom is 0.341 e. The van der Waals surface area contributed by atoms with Gasteiger partial charge in [0.05, 0.1) is 19.6 Å². The fourth-order valence-corrected chi connectivity index (χ4v) is 1.28. The fourth-order valence-electron chi connectivity index (χ4n) is 1.28. The van der Waals surface area contributed by atoms with Crippen LogP contribution in [0.1, 0.15) is 31.1 Å². The Morgan fingerprint density at radius 2 is 1.74 bits per heavy atom. The number of hydrogen-bond donors (Lipinski definition) is 0. The third kappa shape index (κ3) is 3.71. The zero-order valence-corrected chi connectivity index (χ0v) is 11.8. The molecule has 19 heavy (non-hydrogen) atoms. The van der Waals surface area contributed by atoms with Crippen LogP contribution in [0.2, 0.25) is 0 Å². The van der Waals surface area contributed by atoms with Crippen LogP contribution in [0.25, 0.3) is 0 Å². The molecule has 0 atom stereocenters. The van der Waals surface area contributed by atoms with Crippen molar-refractivity contribution in [3.8, 4) is 11.5 Å². The summed E-state index contributed by atoms with van der Waals surface area (Å²) in [5, 5.41) is 0. The smallest absolute Gasteiger partial charge is 0.341 e. The molecule has 0 bridgehead atoms. The predicted molar refractivity (Wildman–Crippen MR) is 69.4 cm³/mol. The number of carbonyl (C=O) groups is 2. The number of hydrogen-bond acceptors (Lipinski definition) is 5. The molecule has 5 nitrogen and oxygen atoms in total. The molecular formula is C14H18O5. The van der Waals surface area contributed by atoms with Gasteiger partial charge in [-0.25, -0.2) is 4.79 Å². The van der Waals surface area contributed by atoms with Crippen molar-refractivity contribution in [1.82, 2.24) is 0 Å². The van der Waals surface area contributed by atoms with E-state index < -0.39 is 11.4 Å². The number of methoxy groups -OCH3 is 2. The van der Waals surface area contributed by atoms with E-state index in [1.54, 1.807) is 32.9 Å². The van der Waals surface area contributed by atoms with Crippen molar-refractivity contribution < 1.29 is 23.8 Å². The van der Waals surface area contributed by atoms with Gasteiger partial charge < -0.3 is 14.2 Å². The van der Waals surface area contributed by atoms with Crippen LogP contribution in [0.3, 0.4) is 0 Å². The fraction of sp³-hybridized carbons (Fsp3) is 0.429. The molecule has 0 amide bonds. The molecule has 1 aromatic carbocycles. The Hall–Kier alpha value is -2.04. The third-order valence-electron chi connectivity index (χ3n) is 2.40. The van der Waals surface area contributed by atoms with E-state index in [9.17, 15) is 9.59 Å². The number of carbonyl (C=O) groups excluding carboxylic acids is 2. The molecule has 0 fully saturated rings. The monoisotopic (exact) mass is 266 g/mol. The van der Waals surface area contributed by atoms with E-state index in [2.05, 4.69) is 4.74 Å². The van der Waals surface area contributed by atoms with Crippen LogP contribution in [-0.2, 0) is 9.53 Å². The highest BCUT2D eigenvalue weighted by Crippen LogP contribution is 2.26. The summed E-state index contributed by atoms with van der Waals surface area (Å²) in [6, 6.07) is 4.54. The Bertz CT molecular complexity index is 485. The zero-order chi connectivity index (χ0) is 14.6. The van der Waals surface area contributed by atoms with Gasteiger partial charge in [0, 0.05) is 0 Å². The van der Waals surface area contributed by atoms with Gasteiger partial charge >= 0.3 is 11.9 Å². The molecule has 0 heterocycles. The van der Waals surface area contributed by atoms with Gasteiger partial charge in [-0.05, 0) is 39.0 Å². The number of ether oxygens (including phenoxy) is 3. The van der Waals surface area contributed by atoms with E-state index in [1.165, 1.54) is 20.3 Å². The van der Waals surface area contributed by atoms with Gasteiger partial charge in [-0.1, -0.05) is 0 Å². The van der Waals surface area contributed by atoms with Gasteiger partial charge in [0.2, 0.25) is 0 Å². The van der Waals surface area contributed by atoms with E-state index >= 15 is 0 Å². The Balaban J connectivity index is 3.05. The molecule has 0 aliphatic heterocycles. The Morgan fingerprint density at radius 3 is 2.21 bits per heavy atom. The highest BCUT2D eigenvalue weighted by Gasteiger charge is 2.24. The minimum atomic E-state index is -0.620.